The summed E-state index contributed by atoms with van der Waals surface area (Å²) in [6.45, 7) is 6.76. The van der Waals surface area contributed by atoms with Gasteiger partial charge in [-0.2, -0.15) is 0 Å². The van der Waals surface area contributed by atoms with Crippen LogP contribution in [0.25, 0.3) is 0 Å². The summed E-state index contributed by atoms with van der Waals surface area (Å²) >= 11 is 0. The molecule has 3 atom stereocenters. The molecule has 5 nitrogen and oxygen atoms in total. The number of benzene rings is 1. The Morgan fingerprint density at radius 2 is 1.96 bits per heavy atom. The summed E-state index contributed by atoms with van der Waals surface area (Å²) in [4.78, 5) is 9.79. The Bertz CT molecular complexity index is 633. The Kier molecular flexibility index (Phi) is 8.00. The van der Waals surface area contributed by atoms with Crippen molar-refractivity contribution in [3.63, 3.8) is 0 Å². The normalized spacial score (nSPS) is 28.9. The number of halogens is 1. The lowest BCUT2D eigenvalue weighted by molar-refractivity contribution is 0.245. The van der Waals surface area contributed by atoms with Crippen molar-refractivity contribution in [1.82, 2.24) is 20.4 Å². The molecule has 0 aromatic heterocycles. The summed E-state index contributed by atoms with van der Waals surface area (Å²) in [5.41, 5.74) is 1.41. The molecule has 0 radical (unpaired) electrons. The predicted molar refractivity (Wildman–Crippen MR) is 127 cm³/mol. The second-order valence-electron chi connectivity index (χ2n) is 8.56. The minimum atomic E-state index is 0. The molecule has 2 saturated heterocycles. The van der Waals surface area contributed by atoms with Gasteiger partial charge in [-0.15, -0.1) is 24.0 Å². The minimum absolute atomic E-state index is 0. The zero-order valence-electron chi connectivity index (χ0n) is 17.3. The average Bonchev–Trinajstić information content (AvgIpc) is 3.33. The van der Waals surface area contributed by atoms with Gasteiger partial charge in [0, 0.05) is 50.8 Å². The van der Waals surface area contributed by atoms with E-state index in [1.165, 1.54) is 44.2 Å². The van der Waals surface area contributed by atoms with Crippen LogP contribution in [0.3, 0.4) is 0 Å². The molecular weight excluding hydrogens is 461 g/mol. The number of hydrogen-bond acceptors (Lipinski definition) is 3. The van der Waals surface area contributed by atoms with Gasteiger partial charge in [-0.25, -0.2) is 0 Å². The molecule has 1 saturated carbocycles. The Hall–Kier alpha value is -0.860. The van der Waals surface area contributed by atoms with Crippen molar-refractivity contribution < 1.29 is 0 Å². The highest BCUT2D eigenvalue weighted by molar-refractivity contribution is 14.0. The summed E-state index contributed by atoms with van der Waals surface area (Å²) in [6, 6.07) is 13.5. The zero-order valence-corrected chi connectivity index (χ0v) is 19.6. The van der Waals surface area contributed by atoms with Gasteiger partial charge < -0.3 is 10.6 Å². The van der Waals surface area contributed by atoms with Gasteiger partial charge in [0.05, 0.1) is 0 Å². The van der Waals surface area contributed by atoms with Crippen LogP contribution in [0, 0.1) is 0 Å². The van der Waals surface area contributed by atoms with E-state index in [9.17, 15) is 0 Å². The number of likely N-dealkylation sites (tertiary alicyclic amines) is 2. The van der Waals surface area contributed by atoms with Crippen molar-refractivity contribution in [1.29, 1.82) is 0 Å². The second kappa shape index (κ2) is 10.3. The first kappa shape index (κ1) is 21.8. The standard InChI is InChI=1S/C22H35N5.HI/c1-17-13-19(16-27(17)20-10-11-20)25-22(23-2)24-14-21-9-6-12-26(21)15-18-7-4-3-5-8-18;/h3-5,7-8,17,19-21H,6,9-16H2,1-2H3,(H2,23,24,25);1H. The molecule has 2 aliphatic heterocycles. The van der Waals surface area contributed by atoms with Gasteiger partial charge in [0.2, 0.25) is 0 Å². The maximum atomic E-state index is 4.49. The number of rotatable bonds is 6. The maximum absolute atomic E-state index is 4.49. The van der Waals surface area contributed by atoms with E-state index < -0.39 is 0 Å². The molecule has 0 bridgehead atoms. The molecule has 4 rings (SSSR count). The molecule has 3 unspecified atom stereocenters. The lowest BCUT2D eigenvalue weighted by Crippen LogP contribution is -2.48. The highest BCUT2D eigenvalue weighted by Gasteiger charge is 2.39. The molecular formula is C22H36IN5. The molecule has 156 valence electrons. The van der Waals surface area contributed by atoms with Crippen LogP contribution in [0.15, 0.2) is 35.3 Å². The fourth-order valence-electron chi connectivity index (χ4n) is 4.83. The lowest BCUT2D eigenvalue weighted by atomic mass is 10.2. The van der Waals surface area contributed by atoms with Crippen LogP contribution in [0.2, 0.25) is 0 Å². The van der Waals surface area contributed by atoms with Crippen molar-refractivity contribution in [3.8, 4) is 0 Å². The Balaban J connectivity index is 0.00000225. The van der Waals surface area contributed by atoms with Gasteiger partial charge in [0.25, 0.3) is 0 Å². The van der Waals surface area contributed by atoms with E-state index in [0.29, 0.717) is 18.1 Å². The van der Waals surface area contributed by atoms with Crippen LogP contribution in [0.1, 0.15) is 44.6 Å². The average molecular weight is 497 g/mol. The van der Waals surface area contributed by atoms with Crippen LogP contribution in [-0.4, -0.2) is 66.6 Å². The van der Waals surface area contributed by atoms with Crippen molar-refractivity contribution >= 4 is 29.9 Å². The van der Waals surface area contributed by atoms with Gasteiger partial charge in [-0.05, 0) is 51.1 Å². The summed E-state index contributed by atoms with van der Waals surface area (Å²) in [7, 11) is 1.89. The number of hydrogen-bond donors (Lipinski definition) is 2. The van der Waals surface area contributed by atoms with Crippen LogP contribution < -0.4 is 10.6 Å². The first-order valence-corrected chi connectivity index (χ1v) is 10.7. The monoisotopic (exact) mass is 497 g/mol. The first-order valence-electron chi connectivity index (χ1n) is 10.7. The third-order valence-electron chi connectivity index (χ3n) is 6.44. The van der Waals surface area contributed by atoms with Crippen molar-refractivity contribution in [3.05, 3.63) is 35.9 Å². The molecule has 1 aromatic carbocycles. The molecule has 3 aliphatic rings. The molecule has 2 heterocycles. The summed E-state index contributed by atoms with van der Waals surface area (Å²) < 4.78 is 0. The zero-order chi connectivity index (χ0) is 18.6. The third-order valence-corrected chi connectivity index (χ3v) is 6.44. The van der Waals surface area contributed by atoms with Crippen molar-refractivity contribution in [2.45, 2.75) is 69.7 Å². The molecule has 3 fully saturated rings. The number of guanidine groups is 1. The fourth-order valence-corrected chi connectivity index (χ4v) is 4.83. The van der Waals surface area contributed by atoms with Gasteiger partial charge in [0.15, 0.2) is 5.96 Å². The van der Waals surface area contributed by atoms with Gasteiger partial charge in [-0.3, -0.25) is 14.8 Å². The maximum Gasteiger partial charge on any atom is 0.191 e. The van der Waals surface area contributed by atoms with E-state index in [2.05, 4.69) is 62.7 Å². The van der Waals surface area contributed by atoms with E-state index >= 15 is 0 Å². The van der Waals surface area contributed by atoms with Gasteiger partial charge in [-0.1, -0.05) is 30.3 Å². The third kappa shape index (κ3) is 5.60. The van der Waals surface area contributed by atoms with Gasteiger partial charge >= 0.3 is 0 Å². The van der Waals surface area contributed by atoms with Gasteiger partial charge in [0.1, 0.15) is 0 Å². The molecule has 0 spiro atoms. The van der Waals surface area contributed by atoms with Crippen LogP contribution >= 0.6 is 24.0 Å². The minimum Gasteiger partial charge on any atom is -0.355 e. The molecule has 28 heavy (non-hydrogen) atoms. The van der Waals surface area contributed by atoms with Crippen LogP contribution in [-0.2, 0) is 6.54 Å². The molecule has 1 aromatic rings. The fraction of sp³-hybridized carbons (Fsp3) is 0.682. The summed E-state index contributed by atoms with van der Waals surface area (Å²) in [6.07, 6.45) is 6.57. The highest BCUT2D eigenvalue weighted by Crippen LogP contribution is 2.33. The number of nitrogens with one attached hydrogen (secondary N) is 2. The van der Waals surface area contributed by atoms with E-state index in [-0.39, 0.29) is 24.0 Å². The molecule has 1 aliphatic carbocycles. The second-order valence-corrected chi connectivity index (χ2v) is 8.56. The van der Waals surface area contributed by atoms with E-state index in [1.807, 2.05) is 7.05 Å². The first-order chi connectivity index (χ1) is 13.2. The molecule has 0 amide bonds. The molecule has 6 heteroatoms. The highest BCUT2D eigenvalue weighted by atomic mass is 127. The quantitative estimate of drug-likeness (QED) is 0.360. The van der Waals surface area contributed by atoms with Crippen molar-refractivity contribution in [2.75, 3.05) is 26.7 Å². The smallest absolute Gasteiger partial charge is 0.191 e. The number of aliphatic imine (C=N–C) groups is 1. The Morgan fingerprint density at radius 3 is 2.68 bits per heavy atom. The summed E-state index contributed by atoms with van der Waals surface area (Å²) in [5.74, 6) is 0.969. The van der Waals surface area contributed by atoms with Crippen molar-refractivity contribution in [2.24, 2.45) is 4.99 Å². The van der Waals surface area contributed by atoms with Crippen LogP contribution in [0.4, 0.5) is 0 Å². The predicted octanol–water partition coefficient (Wildman–Crippen LogP) is 3.06. The van der Waals surface area contributed by atoms with E-state index in [4.69, 9.17) is 0 Å². The van der Waals surface area contributed by atoms with Crippen LogP contribution in [0.5, 0.6) is 0 Å². The Morgan fingerprint density at radius 1 is 1.18 bits per heavy atom. The van der Waals surface area contributed by atoms with E-state index in [0.717, 1.165) is 31.6 Å². The lowest BCUT2D eigenvalue weighted by Gasteiger charge is -2.26. The Labute approximate surface area is 187 Å². The SMILES string of the molecule is CN=C(NCC1CCCN1Cc1ccccc1)NC1CC(C)N(C2CC2)C1.I. The number of nitrogens with zero attached hydrogens (tertiary/aromatic N) is 3. The summed E-state index contributed by atoms with van der Waals surface area (Å²) in [5, 5.41) is 7.28. The van der Waals surface area contributed by atoms with E-state index in [1.54, 1.807) is 0 Å². The molecule has 2 N–H and O–H groups in total. The topological polar surface area (TPSA) is 42.9 Å². The largest absolute Gasteiger partial charge is 0.355 e.